The first-order valence-corrected chi connectivity index (χ1v) is 8.79. The second-order valence-corrected chi connectivity index (χ2v) is 7.10. The van der Waals surface area contributed by atoms with Crippen molar-refractivity contribution in [1.29, 1.82) is 0 Å². The fraction of sp³-hybridized carbons (Fsp3) is 0.273. The number of aromatic nitrogens is 1. The van der Waals surface area contributed by atoms with Crippen LogP contribution in [0.2, 0.25) is 0 Å². The molecule has 3 heteroatoms. The number of aryl methyl sites for hydroxylation is 1. The van der Waals surface area contributed by atoms with Crippen molar-refractivity contribution in [2.24, 2.45) is 0 Å². The van der Waals surface area contributed by atoms with E-state index in [9.17, 15) is 4.39 Å². The molecule has 0 atom stereocenters. The van der Waals surface area contributed by atoms with Gasteiger partial charge >= 0.3 is 0 Å². The number of nitrogens with zero attached hydrogens (tertiary/aromatic N) is 2. The summed E-state index contributed by atoms with van der Waals surface area (Å²) in [5, 5.41) is 1.32. The van der Waals surface area contributed by atoms with Gasteiger partial charge in [-0.05, 0) is 50.2 Å². The fourth-order valence-electron chi connectivity index (χ4n) is 3.83. The maximum absolute atomic E-state index is 14.2. The van der Waals surface area contributed by atoms with Crippen LogP contribution in [0.5, 0.6) is 0 Å². The summed E-state index contributed by atoms with van der Waals surface area (Å²) in [6.07, 6.45) is 3.11. The minimum absolute atomic E-state index is 0.169. The Balaban J connectivity index is 1.93. The highest BCUT2D eigenvalue weighted by Crippen LogP contribution is 2.32. The van der Waals surface area contributed by atoms with Crippen molar-refractivity contribution in [2.75, 3.05) is 13.6 Å². The van der Waals surface area contributed by atoms with Gasteiger partial charge in [-0.25, -0.2) is 4.39 Å². The van der Waals surface area contributed by atoms with Gasteiger partial charge in [0.1, 0.15) is 5.82 Å². The third kappa shape index (κ3) is 2.79. The van der Waals surface area contributed by atoms with E-state index in [0.29, 0.717) is 5.56 Å². The molecule has 0 saturated heterocycles. The van der Waals surface area contributed by atoms with Gasteiger partial charge in [-0.3, -0.25) is 0 Å². The van der Waals surface area contributed by atoms with Gasteiger partial charge in [0.05, 0.1) is 5.52 Å². The van der Waals surface area contributed by atoms with Crippen LogP contribution in [0.25, 0.3) is 22.7 Å². The molecule has 0 amide bonds. The third-order valence-corrected chi connectivity index (χ3v) is 5.16. The first kappa shape index (κ1) is 16.1. The van der Waals surface area contributed by atoms with Gasteiger partial charge in [0.15, 0.2) is 0 Å². The Labute approximate surface area is 148 Å². The maximum atomic E-state index is 14.2. The van der Waals surface area contributed by atoms with Crippen LogP contribution in [0.3, 0.4) is 0 Å². The van der Waals surface area contributed by atoms with Gasteiger partial charge in [-0.1, -0.05) is 29.8 Å². The van der Waals surface area contributed by atoms with Crippen molar-refractivity contribution in [3.8, 4) is 0 Å². The topological polar surface area (TPSA) is 8.17 Å². The smallest absolute Gasteiger partial charge is 0.130 e. The molecule has 1 aliphatic heterocycles. The van der Waals surface area contributed by atoms with Crippen molar-refractivity contribution >= 4 is 22.7 Å². The monoisotopic (exact) mass is 334 g/mol. The van der Waals surface area contributed by atoms with Gasteiger partial charge in [0.25, 0.3) is 0 Å². The molecular weight excluding hydrogens is 311 g/mol. The number of halogens is 1. The highest BCUT2D eigenvalue weighted by Gasteiger charge is 2.22. The normalized spacial score (nSPS) is 15.6. The van der Waals surface area contributed by atoms with Crippen molar-refractivity contribution < 1.29 is 4.39 Å². The molecule has 0 aliphatic carbocycles. The predicted octanol–water partition coefficient (Wildman–Crippen LogP) is 5.09. The van der Waals surface area contributed by atoms with Crippen LogP contribution in [0, 0.1) is 12.7 Å². The Morgan fingerprint density at radius 2 is 1.96 bits per heavy atom. The largest absolute Gasteiger partial charge is 0.320 e. The standard InChI is InChI=1S/C22H23FN2/c1-15-8-9-21-18(12-15)19-14-24(3)11-10-22(19)25(21)13-16(2)17-6-4-5-7-20(17)23/h4-9,12-13H,10-11,14H2,1-3H3/b16-13+. The van der Waals surface area contributed by atoms with Crippen LogP contribution in [-0.4, -0.2) is 23.1 Å². The second kappa shape index (κ2) is 6.16. The molecule has 4 rings (SSSR count). The summed E-state index contributed by atoms with van der Waals surface area (Å²) in [6, 6.07) is 13.6. The third-order valence-electron chi connectivity index (χ3n) is 5.16. The number of fused-ring (bicyclic) bond motifs is 3. The number of benzene rings is 2. The van der Waals surface area contributed by atoms with E-state index in [2.05, 4.69) is 47.8 Å². The Bertz CT molecular complexity index is 981. The zero-order valence-corrected chi connectivity index (χ0v) is 15.0. The van der Waals surface area contributed by atoms with Crippen LogP contribution in [0.4, 0.5) is 4.39 Å². The first-order chi connectivity index (χ1) is 12.0. The molecule has 1 aromatic heterocycles. The lowest BCUT2D eigenvalue weighted by molar-refractivity contribution is 0.312. The predicted molar refractivity (Wildman–Crippen MR) is 103 cm³/mol. The summed E-state index contributed by atoms with van der Waals surface area (Å²) in [5.74, 6) is -0.169. The van der Waals surface area contributed by atoms with E-state index in [0.717, 1.165) is 25.1 Å². The zero-order valence-electron chi connectivity index (χ0n) is 15.0. The molecule has 0 unspecified atom stereocenters. The lowest BCUT2D eigenvalue weighted by atomic mass is 10.0. The highest BCUT2D eigenvalue weighted by molar-refractivity contribution is 5.90. The van der Waals surface area contributed by atoms with Crippen molar-refractivity contribution in [3.63, 3.8) is 0 Å². The average Bonchev–Trinajstić information content (AvgIpc) is 2.88. The van der Waals surface area contributed by atoms with Gasteiger partial charge in [0.2, 0.25) is 0 Å². The Morgan fingerprint density at radius 1 is 1.16 bits per heavy atom. The number of allylic oxidation sites excluding steroid dienone is 1. The molecule has 128 valence electrons. The Kier molecular flexibility index (Phi) is 3.97. The fourth-order valence-corrected chi connectivity index (χ4v) is 3.83. The molecule has 0 bridgehead atoms. The second-order valence-electron chi connectivity index (χ2n) is 7.10. The molecule has 1 aliphatic rings. The average molecular weight is 334 g/mol. The minimum atomic E-state index is -0.169. The molecule has 0 spiro atoms. The van der Waals surface area contributed by atoms with Crippen LogP contribution in [0.15, 0.2) is 42.5 Å². The summed E-state index contributed by atoms with van der Waals surface area (Å²) < 4.78 is 16.4. The summed E-state index contributed by atoms with van der Waals surface area (Å²) >= 11 is 0. The number of hydrogen-bond donors (Lipinski definition) is 0. The van der Waals surface area contributed by atoms with Crippen molar-refractivity contribution in [2.45, 2.75) is 26.8 Å². The van der Waals surface area contributed by atoms with E-state index in [-0.39, 0.29) is 5.82 Å². The molecule has 3 aromatic rings. The van der Waals surface area contributed by atoms with E-state index in [4.69, 9.17) is 0 Å². The lowest BCUT2D eigenvalue weighted by Crippen LogP contribution is -2.26. The summed E-state index contributed by atoms with van der Waals surface area (Å²) in [7, 11) is 2.17. The maximum Gasteiger partial charge on any atom is 0.130 e. The van der Waals surface area contributed by atoms with Gasteiger partial charge in [-0.15, -0.1) is 0 Å². The van der Waals surface area contributed by atoms with Gasteiger partial charge < -0.3 is 9.47 Å². The van der Waals surface area contributed by atoms with Crippen LogP contribution in [-0.2, 0) is 13.0 Å². The molecule has 2 aromatic carbocycles. The Morgan fingerprint density at radius 3 is 2.76 bits per heavy atom. The van der Waals surface area contributed by atoms with Crippen molar-refractivity contribution in [3.05, 3.63) is 70.7 Å². The zero-order chi connectivity index (χ0) is 17.6. The molecule has 25 heavy (non-hydrogen) atoms. The molecule has 0 radical (unpaired) electrons. The van der Waals surface area contributed by atoms with Crippen molar-refractivity contribution in [1.82, 2.24) is 9.47 Å². The molecular formula is C22H23FN2. The number of likely N-dealkylation sites (N-methyl/N-ethyl adjacent to an activating group) is 1. The molecule has 0 fully saturated rings. The molecule has 0 N–H and O–H groups in total. The number of rotatable bonds is 2. The van der Waals surface area contributed by atoms with E-state index in [1.165, 1.54) is 33.8 Å². The molecule has 2 heterocycles. The number of hydrogen-bond acceptors (Lipinski definition) is 1. The van der Waals surface area contributed by atoms with E-state index >= 15 is 0 Å². The first-order valence-electron chi connectivity index (χ1n) is 8.79. The van der Waals surface area contributed by atoms with E-state index < -0.39 is 0 Å². The molecule has 0 saturated carbocycles. The minimum Gasteiger partial charge on any atom is -0.320 e. The lowest BCUT2D eigenvalue weighted by Gasteiger charge is -2.23. The van der Waals surface area contributed by atoms with Crippen LogP contribution < -0.4 is 0 Å². The van der Waals surface area contributed by atoms with E-state index in [1.807, 2.05) is 19.1 Å². The van der Waals surface area contributed by atoms with Gasteiger partial charge in [-0.2, -0.15) is 0 Å². The Hall–Kier alpha value is -2.39. The highest BCUT2D eigenvalue weighted by atomic mass is 19.1. The van der Waals surface area contributed by atoms with E-state index in [1.54, 1.807) is 6.07 Å². The van der Waals surface area contributed by atoms with Crippen LogP contribution in [0.1, 0.15) is 29.3 Å². The SMILES string of the molecule is C/C(=C\n1c2c(c3cc(C)ccc31)CN(C)CC2)c1ccccc1F. The summed E-state index contributed by atoms with van der Waals surface area (Å²) in [4.78, 5) is 2.36. The summed E-state index contributed by atoms with van der Waals surface area (Å²) in [5.41, 5.74) is 6.85. The van der Waals surface area contributed by atoms with Gasteiger partial charge in [0, 0.05) is 42.4 Å². The molecule has 2 nitrogen and oxygen atoms in total. The summed E-state index contributed by atoms with van der Waals surface area (Å²) in [6.45, 7) is 6.14. The van der Waals surface area contributed by atoms with Crippen LogP contribution >= 0.6 is 0 Å². The quantitative estimate of drug-likeness (QED) is 0.633.